The number of nitrogens with one attached hydrogen (secondary N) is 1. The van der Waals surface area contributed by atoms with Gasteiger partial charge in [0, 0.05) is 33.5 Å². The highest BCUT2D eigenvalue weighted by Gasteiger charge is 2.38. The lowest BCUT2D eigenvalue weighted by Gasteiger charge is -2.39. The zero-order valence-electron chi connectivity index (χ0n) is 31.8. The minimum Gasteiger partial charge on any atom is -0.343 e. The first-order valence-corrected chi connectivity index (χ1v) is 17.9. The van der Waals surface area contributed by atoms with Crippen LogP contribution in [0.2, 0.25) is 0 Å². The van der Waals surface area contributed by atoms with Gasteiger partial charge in [-0.3, -0.25) is 19.1 Å². The predicted molar refractivity (Wildman–Crippen MR) is 203 cm³/mol. The largest absolute Gasteiger partial charge is 0.416 e. The van der Waals surface area contributed by atoms with Gasteiger partial charge in [-0.25, -0.2) is 9.36 Å². The highest BCUT2D eigenvalue weighted by atomic mass is 19.4. The Kier molecular flexibility index (Phi) is 11.9. The summed E-state index contributed by atoms with van der Waals surface area (Å²) in [4.78, 5) is 43.7. The van der Waals surface area contributed by atoms with Crippen molar-refractivity contribution in [3.05, 3.63) is 124 Å². The third-order valence-corrected chi connectivity index (χ3v) is 9.83. The molecular weight excluding hydrogens is 709 g/mol. The maximum absolute atomic E-state index is 14.2. The molecule has 3 heterocycles. The molecule has 11 nitrogen and oxygen atoms in total. The number of carbonyl (C=O) groups is 2. The van der Waals surface area contributed by atoms with Crippen LogP contribution in [0.5, 0.6) is 0 Å². The van der Waals surface area contributed by atoms with Crippen molar-refractivity contribution in [2.75, 3.05) is 40.8 Å². The lowest BCUT2D eigenvalue weighted by atomic mass is 9.94. The lowest BCUT2D eigenvalue weighted by Crippen LogP contribution is -2.56. The Balaban J connectivity index is 0.000000881. The monoisotopic (exact) mass is 755 g/mol. The molecule has 0 aliphatic carbocycles. The van der Waals surface area contributed by atoms with Gasteiger partial charge in [-0.15, -0.1) is 0 Å². The fraction of sp³-hybridized carbons (Fsp3) is 0.341. The number of nitrogens with zero attached hydrogens (tertiary/aromatic N) is 7. The average molecular weight is 756 g/mol. The number of carbonyl (C=O) groups excluding carboxylic acids is 2. The third kappa shape index (κ3) is 9.24. The van der Waals surface area contributed by atoms with E-state index in [-0.39, 0.29) is 28.5 Å². The number of likely N-dealkylation sites (N-methyl/N-ethyl adjacent to an activating group) is 1. The molecule has 6 rings (SSSR count). The molecule has 0 radical (unpaired) electrons. The fourth-order valence-corrected chi connectivity index (χ4v) is 6.81. The van der Waals surface area contributed by atoms with E-state index in [1.807, 2.05) is 42.5 Å². The maximum atomic E-state index is 14.2. The van der Waals surface area contributed by atoms with Gasteiger partial charge >= 0.3 is 6.18 Å². The number of halogens is 3. The molecule has 1 N–H and O–H groups in total. The highest BCUT2D eigenvalue weighted by Crippen LogP contribution is 2.32. The number of quaternary nitrogens is 1. The topological polar surface area (TPSA) is 118 Å². The number of piperidine rings is 1. The summed E-state index contributed by atoms with van der Waals surface area (Å²) in [5, 5.41) is 16.4. The van der Waals surface area contributed by atoms with E-state index in [1.54, 1.807) is 56.1 Å². The second-order valence-corrected chi connectivity index (χ2v) is 14.9. The maximum Gasteiger partial charge on any atom is 0.416 e. The van der Waals surface area contributed by atoms with Crippen molar-refractivity contribution in [3.8, 4) is 28.8 Å². The Morgan fingerprint density at radius 1 is 0.945 bits per heavy atom. The number of alkyl halides is 3. The standard InChI is InChI=1S/C35H39F3N8O3.C6H6/c1-34(2,33(49)42(3)22-24-15-18-46(5,6)19-16-24)41-31(47)29-30(28-14-17-40-44(28)26-12-10-23(21-39)11-13-26)43(4)45(32(29)48)27-9-7-8-25(20-27)35(36,37)38;1-2-4-6-5-3-1/h7-14,17,20,24H,15-16,18-19,22H2,1-6H3;1-6H/p+1. The fourth-order valence-electron chi connectivity index (χ4n) is 6.81. The molecule has 14 heteroatoms. The molecule has 1 saturated heterocycles. The first-order chi connectivity index (χ1) is 25.9. The molecule has 5 aromatic rings. The Labute approximate surface area is 318 Å². The highest BCUT2D eigenvalue weighted by molar-refractivity contribution is 6.03. The van der Waals surface area contributed by atoms with E-state index in [0.717, 1.165) is 47.2 Å². The quantitative estimate of drug-likeness (QED) is 0.194. The van der Waals surface area contributed by atoms with E-state index < -0.39 is 28.7 Å². The van der Waals surface area contributed by atoms with Crippen LogP contribution < -0.4 is 10.9 Å². The molecule has 3 aromatic carbocycles. The number of amides is 2. The Morgan fingerprint density at radius 2 is 1.55 bits per heavy atom. The van der Waals surface area contributed by atoms with E-state index >= 15 is 0 Å². The molecule has 0 unspecified atom stereocenters. The summed E-state index contributed by atoms with van der Waals surface area (Å²) in [6.07, 6.45) is -1.29. The van der Waals surface area contributed by atoms with Gasteiger partial charge in [0.2, 0.25) is 5.91 Å². The van der Waals surface area contributed by atoms with Gasteiger partial charge < -0.3 is 14.7 Å². The van der Waals surface area contributed by atoms with Crippen LogP contribution in [0.4, 0.5) is 13.2 Å². The first kappa shape index (κ1) is 40.2. The van der Waals surface area contributed by atoms with Gasteiger partial charge in [-0.2, -0.15) is 23.5 Å². The number of likely N-dealkylation sites (tertiary alicyclic amines) is 1. The number of nitriles is 1. The molecule has 288 valence electrons. The summed E-state index contributed by atoms with van der Waals surface area (Å²) >= 11 is 0. The summed E-state index contributed by atoms with van der Waals surface area (Å²) in [6, 6.07) is 26.3. The van der Waals surface area contributed by atoms with Crippen molar-refractivity contribution >= 4 is 11.8 Å². The van der Waals surface area contributed by atoms with E-state index in [9.17, 15) is 32.8 Å². The van der Waals surface area contributed by atoms with Crippen LogP contribution in [-0.4, -0.2) is 86.7 Å². The second kappa shape index (κ2) is 16.2. The SMILES string of the molecule is CN(CC1CC[N+](C)(C)CC1)C(=O)C(C)(C)NC(=O)c1c(-c2ccnn2-c2ccc(C#N)cc2)n(C)n(-c2cccc(C(F)(F)F)c2)c1=O.c1ccccc1. The number of aromatic nitrogens is 4. The Bertz CT molecular complexity index is 2190. The van der Waals surface area contributed by atoms with E-state index in [2.05, 4.69) is 24.5 Å². The number of benzene rings is 3. The molecule has 1 aliphatic heterocycles. The number of hydrogen-bond donors (Lipinski definition) is 1. The zero-order valence-corrected chi connectivity index (χ0v) is 31.8. The normalized spacial score (nSPS) is 14.3. The van der Waals surface area contributed by atoms with Gasteiger partial charge in [0.25, 0.3) is 11.5 Å². The zero-order chi connectivity index (χ0) is 40.1. The molecule has 2 amide bonds. The molecule has 2 aromatic heterocycles. The number of rotatable bonds is 8. The molecule has 1 aliphatic rings. The van der Waals surface area contributed by atoms with Gasteiger partial charge in [0.1, 0.15) is 16.8 Å². The van der Waals surface area contributed by atoms with Crippen molar-refractivity contribution in [1.29, 1.82) is 5.26 Å². The summed E-state index contributed by atoms with van der Waals surface area (Å²) in [6.45, 7) is 5.63. The smallest absolute Gasteiger partial charge is 0.343 e. The molecule has 0 atom stereocenters. The third-order valence-electron chi connectivity index (χ3n) is 9.83. The van der Waals surface area contributed by atoms with Crippen LogP contribution in [0.3, 0.4) is 0 Å². The predicted octanol–water partition coefficient (Wildman–Crippen LogP) is 6.06. The number of hydrogen-bond acceptors (Lipinski definition) is 5. The lowest BCUT2D eigenvalue weighted by molar-refractivity contribution is -0.896. The van der Waals surface area contributed by atoms with Crippen LogP contribution in [0.25, 0.3) is 22.8 Å². The molecule has 0 bridgehead atoms. The van der Waals surface area contributed by atoms with E-state index in [1.165, 1.54) is 34.7 Å². The van der Waals surface area contributed by atoms with Gasteiger partial charge in [-0.1, -0.05) is 42.5 Å². The molecule has 0 spiro atoms. The van der Waals surface area contributed by atoms with Crippen LogP contribution in [0.15, 0.2) is 102 Å². The van der Waals surface area contributed by atoms with Crippen LogP contribution in [-0.2, 0) is 18.0 Å². The minimum absolute atomic E-state index is 0.0568. The van der Waals surface area contributed by atoms with Gasteiger partial charge in [0.05, 0.1) is 67.6 Å². The summed E-state index contributed by atoms with van der Waals surface area (Å²) in [5.74, 6) is -0.912. The van der Waals surface area contributed by atoms with Gasteiger partial charge in [0.15, 0.2) is 0 Å². The van der Waals surface area contributed by atoms with Crippen LogP contribution >= 0.6 is 0 Å². The van der Waals surface area contributed by atoms with Crippen LogP contribution in [0.1, 0.15) is 48.2 Å². The van der Waals surface area contributed by atoms with Crippen molar-refractivity contribution in [1.82, 2.24) is 29.4 Å². The van der Waals surface area contributed by atoms with Gasteiger partial charge in [-0.05, 0) is 68.3 Å². The molecule has 0 saturated carbocycles. The summed E-state index contributed by atoms with van der Waals surface area (Å²) in [7, 11) is 7.51. The molecule has 55 heavy (non-hydrogen) atoms. The van der Waals surface area contributed by atoms with Crippen molar-refractivity contribution in [3.63, 3.8) is 0 Å². The van der Waals surface area contributed by atoms with Crippen molar-refractivity contribution in [2.45, 2.75) is 38.4 Å². The summed E-state index contributed by atoms with van der Waals surface area (Å²) in [5.41, 5.74) is -2.55. The van der Waals surface area contributed by atoms with Crippen LogP contribution in [0, 0.1) is 17.2 Å². The Morgan fingerprint density at radius 3 is 2.11 bits per heavy atom. The minimum atomic E-state index is -4.68. The van der Waals surface area contributed by atoms with Crippen molar-refractivity contribution in [2.24, 2.45) is 13.0 Å². The van der Waals surface area contributed by atoms with E-state index in [0.29, 0.717) is 23.7 Å². The molecular formula is C41H46F3N8O3+. The Hall–Kier alpha value is -5.94. The first-order valence-electron chi connectivity index (χ1n) is 17.9. The molecule has 1 fully saturated rings. The average Bonchev–Trinajstić information content (AvgIpc) is 3.74. The van der Waals surface area contributed by atoms with Crippen molar-refractivity contribution < 1.29 is 27.2 Å². The van der Waals surface area contributed by atoms with E-state index in [4.69, 9.17) is 0 Å². The summed E-state index contributed by atoms with van der Waals surface area (Å²) < 4.78 is 45.8. The second-order valence-electron chi connectivity index (χ2n) is 14.9.